The van der Waals surface area contributed by atoms with Gasteiger partial charge in [-0.2, -0.15) is 0 Å². The average Bonchev–Trinajstić information content (AvgIpc) is 2.61. The van der Waals surface area contributed by atoms with E-state index in [9.17, 15) is 18.1 Å². The van der Waals surface area contributed by atoms with Crippen molar-refractivity contribution in [1.82, 2.24) is 0 Å². The molecule has 0 saturated carbocycles. The van der Waals surface area contributed by atoms with Gasteiger partial charge in [-0.05, 0) is 36.3 Å². The summed E-state index contributed by atoms with van der Waals surface area (Å²) in [5.41, 5.74) is 0.700. The number of carbonyl (C=O) groups is 1. The van der Waals surface area contributed by atoms with Gasteiger partial charge in [-0.15, -0.1) is 0 Å². The zero-order valence-corrected chi connectivity index (χ0v) is 13.3. The number of hydrogen-bond acceptors (Lipinski definition) is 4. The van der Waals surface area contributed by atoms with E-state index in [1.165, 1.54) is 0 Å². The van der Waals surface area contributed by atoms with E-state index in [4.69, 9.17) is 9.47 Å². The van der Waals surface area contributed by atoms with Gasteiger partial charge in [0.15, 0.2) is 17.4 Å². The second kappa shape index (κ2) is 8.77. The monoisotopic (exact) mass is 352 g/mol. The van der Waals surface area contributed by atoms with Crippen LogP contribution in [0.5, 0.6) is 5.75 Å². The van der Waals surface area contributed by atoms with Gasteiger partial charge in [0.05, 0.1) is 6.61 Å². The number of rotatable bonds is 7. The normalized spacial score (nSPS) is 11.1. The predicted octanol–water partition coefficient (Wildman–Crippen LogP) is 4.35. The highest BCUT2D eigenvalue weighted by Gasteiger charge is 2.16. The van der Waals surface area contributed by atoms with Crippen LogP contribution in [0.25, 0.3) is 6.08 Å². The van der Waals surface area contributed by atoms with Gasteiger partial charge in [-0.1, -0.05) is 30.3 Å². The first kappa shape index (κ1) is 18.4. The van der Waals surface area contributed by atoms with Crippen molar-refractivity contribution in [3.05, 3.63) is 71.0 Å². The molecule has 0 unspecified atom stereocenters. The molecule has 132 valence electrons. The Morgan fingerprint density at radius 1 is 1.12 bits per heavy atom. The third-order valence-electron chi connectivity index (χ3n) is 3.12. The Kier molecular flexibility index (Phi) is 6.45. The Hall–Kier alpha value is -2.96. The van der Waals surface area contributed by atoms with E-state index < -0.39 is 29.1 Å². The van der Waals surface area contributed by atoms with Gasteiger partial charge in [-0.25, -0.2) is 18.5 Å². The fourth-order valence-corrected chi connectivity index (χ4v) is 2.03. The molecule has 0 aliphatic rings. The van der Waals surface area contributed by atoms with Crippen molar-refractivity contribution in [1.29, 1.82) is 0 Å². The van der Waals surface area contributed by atoms with Crippen LogP contribution >= 0.6 is 0 Å². The maximum absolute atomic E-state index is 14.1. The largest absolute Gasteiger partial charge is 0.487 e. The third-order valence-corrected chi connectivity index (χ3v) is 3.12. The summed E-state index contributed by atoms with van der Waals surface area (Å²) >= 11 is 0. The summed E-state index contributed by atoms with van der Waals surface area (Å²) in [6.07, 6.45) is 0.971. The summed E-state index contributed by atoms with van der Waals surface area (Å²) in [5, 5.41) is 0. The Labute approximate surface area is 142 Å². The first-order valence-corrected chi connectivity index (χ1v) is 7.38. The lowest BCUT2D eigenvalue weighted by Crippen LogP contribution is -2.06. The highest BCUT2D eigenvalue weighted by Crippen LogP contribution is 2.25. The lowest BCUT2D eigenvalue weighted by atomic mass is 10.1. The highest BCUT2D eigenvalue weighted by atomic mass is 19.3. The van der Waals surface area contributed by atoms with Crippen molar-refractivity contribution in [2.24, 2.45) is 0 Å². The fraction of sp³-hybridized carbons (Fsp3) is 0.167. The van der Waals surface area contributed by atoms with Gasteiger partial charge in [-0.3, -0.25) is 0 Å². The Morgan fingerprint density at radius 3 is 2.32 bits per heavy atom. The molecule has 0 aliphatic heterocycles. The summed E-state index contributed by atoms with van der Waals surface area (Å²) < 4.78 is 50.3. The molecule has 2 aromatic rings. The summed E-state index contributed by atoms with van der Waals surface area (Å²) in [5.74, 6) is -4.39. The van der Waals surface area contributed by atoms with E-state index in [-0.39, 0.29) is 18.8 Å². The molecule has 2 aromatic carbocycles. The maximum Gasteiger partial charge on any atom is 0.413 e. The first-order valence-electron chi connectivity index (χ1n) is 7.38. The molecule has 0 bridgehead atoms. The Balaban J connectivity index is 2.22. The van der Waals surface area contributed by atoms with Crippen LogP contribution in [0.3, 0.4) is 0 Å². The quantitative estimate of drug-likeness (QED) is 0.549. The van der Waals surface area contributed by atoms with Crippen molar-refractivity contribution in [3.8, 4) is 5.75 Å². The SMILES string of the molecule is CCO/C(=C\c1cc(F)c(OCc2ccccc2)c(F)c1)C(=O)OF. The van der Waals surface area contributed by atoms with Crippen LogP contribution in [0.1, 0.15) is 18.1 Å². The van der Waals surface area contributed by atoms with Crippen molar-refractivity contribution >= 4 is 12.0 Å². The van der Waals surface area contributed by atoms with Crippen LogP contribution in [0, 0.1) is 11.6 Å². The molecule has 0 radical (unpaired) electrons. The molecule has 0 amide bonds. The van der Waals surface area contributed by atoms with E-state index in [0.29, 0.717) is 0 Å². The van der Waals surface area contributed by atoms with Crippen molar-refractivity contribution in [3.63, 3.8) is 0 Å². The number of ether oxygens (including phenoxy) is 2. The van der Waals surface area contributed by atoms with Crippen LogP contribution in [0.4, 0.5) is 13.3 Å². The standard InChI is InChI=1S/C18H15F3O4/c1-2-23-16(18(22)25-21)10-13-8-14(19)17(15(20)9-13)24-11-12-6-4-3-5-7-12/h3-10H,2,11H2,1H3/b16-10-. The van der Waals surface area contributed by atoms with Gasteiger partial charge in [0, 0.05) is 4.53 Å². The topological polar surface area (TPSA) is 44.8 Å². The minimum Gasteiger partial charge on any atom is -0.487 e. The number of carbonyl (C=O) groups excluding carboxylic acids is 1. The third kappa shape index (κ3) is 5.00. The van der Waals surface area contributed by atoms with Crippen molar-refractivity contribution in [2.75, 3.05) is 6.61 Å². The van der Waals surface area contributed by atoms with E-state index in [1.54, 1.807) is 31.2 Å². The second-order valence-corrected chi connectivity index (χ2v) is 4.89. The molecule has 25 heavy (non-hydrogen) atoms. The van der Waals surface area contributed by atoms with Crippen LogP contribution in [0.15, 0.2) is 48.2 Å². The number of halogens is 3. The van der Waals surface area contributed by atoms with Gasteiger partial charge in [0.1, 0.15) is 6.61 Å². The molecular formula is C18H15F3O4. The maximum atomic E-state index is 14.1. The molecule has 0 atom stereocenters. The van der Waals surface area contributed by atoms with Crippen molar-refractivity contribution < 1.29 is 32.5 Å². The van der Waals surface area contributed by atoms with E-state index in [0.717, 1.165) is 23.8 Å². The van der Waals surface area contributed by atoms with E-state index in [2.05, 4.69) is 4.94 Å². The summed E-state index contributed by atoms with van der Waals surface area (Å²) in [7, 11) is 0. The first-order chi connectivity index (χ1) is 12.0. The molecule has 4 nitrogen and oxygen atoms in total. The predicted molar refractivity (Wildman–Crippen MR) is 83.9 cm³/mol. The van der Waals surface area contributed by atoms with Crippen LogP contribution in [-0.2, 0) is 21.1 Å². The molecule has 0 aromatic heterocycles. The molecule has 2 rings (SSSR count). The van der Waals surface area contributed by atoms with Crippen LogP contribution in [-0.4, -0.2) is 12.6 Å². The van der Waals surface area contributed by atoms with E-state index >= 15 is 0 Å². The lowest BCUT2D eigenvalue weighted by Gasteiger charge is -2.10. The Bertz CT molecular complexity index is 737. The zero-order chi connectivity index (χ0) is 18.2. The minimum atomic E-state index is -1.40. The highest BCUT2D eigenvalue weighted by molar-refractivity contribution is 5.91. The number of benzene rings is 2. The van der Waals surface area contributed by atoms with Gasteiger partial charge < -0.3 is 9.47 Å². The summed E-state index contributed by atoms with van der Waals surface area (Å²) in [4.78, 5) is 14.3. The van der Waals surface area contributed by atoms with Crippen molar-refractivity contribution in [2.45, 2.75) is 13.5 Å². The minimum absolute atomic E-state index is 0.0117. The molecule has 7 heteroatoms. The van der Waals surface area contributed by atoms with Crippen LogP contribution in [0.2, 0.25) is 0 Å². The molecule has 0 heterocycles. The zero-order valence-electron chi connectivity index (χ0n) is 13.3. The molecule has 0 saturated heterocycles. The van der Waals surface area contributed by atoms with Gasteiger partial charge in [0.25, 0.3) is 0 Å². The smallest absolute Gasteiger partial charge is 0.413 e. The lowest BCUT2D eigenvalue weighted by molar-refractivity contribution is -0.182. The van der Waals surface area contributed by atoms with E-state index in [1.807, 2.05) is 6.07 Å². The second-order valence-electron chi connectivity index (χ2n) is 4.89. The van der Waals surface area contributed by atoms with Gasteiger partial charge in [0.2, 0.25) is 5.76 Å². The molecule has 0 fully saturated rings. The summed E-state index contributed by atoms with van der Waals surface area (Å²) in [6, 6.07) is 10.7. The van der Waals surface area contributed by atoms with Gasteiger partial charge >= 0.3 is 5.97 Å². The molecular weight excluding hydrogens is 337 g/mol. The molecule has 0 spiro atoms. The summed E-state index contributed by atoms with van der Waals surface area (Å²) in [6.45, 7) is 1.59. The fourth-order valence-electron chi connectivity index (χ4n) is 2.03. The molecule has 0 aliphatic carbocycles. The Morgan fingerprint density at radius 2 is 1.76 bits per heavy atom. The molecule has 0 N–H and O–H groups in total. The van der Waals surface area contributed by atoms with Crippen LogP contribution < -0.4 is 4.74 Å². The number of hydrogen-bond donors (Lipinski definition) is 0. The average molecular weight is 352 g/mol.